The van der Waals surface area contributed by atoms with Crippen molar-refractivity contribution in [2.24, 2.45) is 5.92 Å². The van der Waals surface area contributed by atoms with Gasteiger partial charge < -0.3 is 9.80 Å². The van der Waals surface area contributed by atoms with E-state index in [4.69, 9.17) is 0 Å². The van der Waals surface area contributed by atoms with E-state index in [1.807, 2.05) is 22.9 Å². The van der Waals surface area contributed by atoms with Crippen LogP contribution in [0.2, 0.25) is 0 Å². The number of benzene rings is 1. The molecule has 0 radical (unpaired) electrons. The molecule has 6 heteroatoms. The first-order chi connectivity index (χ1) is 11.0. The number of rotatable bonds is 6. The number of nitro groups is 1. The second-order valence-corrected chi connectivity index (χ2v) is 6.12. The van der Waals surface area contributed by atoms with Crippen molar-refractivity contribution in [2.45, 2.75) is 32.6 Å². The van der Waals surface area contributed by atoms with Crippen LogP contribution in [0.1, 0.15) is 32.6 Å². The van der Waals surface area contributed by atoms with Crippen molar-refractivity contribution < 1.29 is 9.72 Å². The summed E-state index contributed by atoms with van der Waals surface area (Å²) in [7, 11) is 1.87. The number of amides is 1. The smallest absolute Gasteiger partial charge is 0.292 e. The Bertz CT molecular complexity index is 554. The molecule has 0 saturated carbocycles. The van der Waals surface area contributed by atoms with E-state index in [0.29, 0.717) is 18.8 Å². The summed E-state index contributed by atoms with van der Waals surface area (Å²) in [6, 6.07) is 6.82. The van der Waals surface area contributed by atoms with Gasteiger partial charge in [-0.05, 0) is 25.3 Å². The minimum Gasteiger partial charge on any atom is -0.366 e. The Balaban J connectivity index is 1.96. The zero-order valence-electron chi connectivity index (χ0n) is 13.9. The van der Waals surface area contributed by atoms with Gasteiger partial charge in [0.2, 0.25) is 5.91 Å². The van der Waals surface area contributed by atoms with Crippen molar-refractivity contribution in [1.29, 1.82) is 0 Å². The molecule has 1 heterocycles. The van der Waals surface area contributed by atoms with E-state index in [-0.39, 0.29) is 22.4 Å². The SMILES string of the molecule is CCCCN(C)C(=O)C1CCN(c2ccccc2[N+](=O)[O-])CC1. The zero-order valence-corrected chi connectivity index (χ0v) is 13.9. The van der Waals surface area contributed by atoms with Gasteiger partial charge in [-0.2, -0.15) is 0 Å². The Labute approximate surface area is 137 Å². The summed E-state index contributed by atoms with van der Waals surface area (Å²) in [5, 5.41) is 11.1. The van der Waals surface area contributed by atoms with Gasteiger partial charge >= 0.3 is 0 Å². The molecule has 1 aromatic carbocycles. The molecule has 2 rings (SSSR count). The number of nitrogens with zero attached hydrogens (tertiary/aromatic N) is 3. The minimum atomic E-state index is -0.342. The first kappa shape index (κ1) is 17.2. The van der Waals surface area contributed by atoms with Crippen molar-refractivity contribution >= 4 is 17.3 Å². The molecule has 0 unspecified atom stereocenters. The van der Waals surface area contributed by atoms with E-state index in [0.717, 1.165) is 32.2 Å². The fourth-order valence-electron chi connectivity index (χ4n) is 3.07. The van der Waals surface area contributed by atoms with Gasteiger partial charge in [0.25, 0.3) is 5.69 Å². The lowest BCUT2D eigenvalue weighted by molar-refractivity contribution is -0.384. The van der Waals surface area contributed by atoms with Gasteiger partial charge in [0.15, 0.2) is 0 Å². The van der Waals surface area contributed by atoms with E-state index in [9.17, 15) is 14.9 Å². The van der Waals surface area contributed by atoms with Crippen molar-refractivity contribution in [3.05, 3.63) is 34.4 Å². The molecule has 0 aliphatic carbocycles. The monoisotopic (exact) mass is 319 g/mol. The average Bonchev–Trinajstić information content (AvgIpc) is 2.59. The number of hydrogen-bond donors (Lipinski definition) is 0. The van der Waals surface area contributed by atoms with E-state index in [1.165, 1.54) is 6.07 Å². The Hall–Kier alpha value is -2.11. The third-order valence-corrected chi connectivity index (χ3v) is 4.49. The number of carbonyl (C=O) groups is 1. The molecular weight excluding hydrogens is 294 g/mol. The number of hydrogen-bond acceptors (Lipinski definition) is 4. The van der Waals surface area contributed by atoms with Crippen LogP contribution in [-0.4, -0.2) is 42.4 Å². The Kier molecular flexibility index (Phi) is 5.96. The van der Waals surface area contributed by atoms with Gasteiger partial charge in [-0.25, -0.2) is 0 Å². The fourth-order valence-corrected chi connectivity index (χ4v) is 3.07. The molecule has 126 valence electrons. The standard InChI is InChI=1S/C17H25N3O3/c1-3-4-11-18(2)17(21)14-9-12-19(13-10-14)15-7-5-6-8-16(15)20(22)23/h5-8,14H,3-4,9-13H2,1-2H3. The van der Waals surface area contributed by atoms with Crippen LogP contribution in [0.5, 0.6) is 0 Å². The molecule has 1 aliphatic heterocycles. The Morgan fingerprint density at radius 1 is 1.35 bits per heavy atom. The van der Waals surface area contributed by atoms with Gasteiger partial charge in [-0.1, -0.05) is 25.5 Å². The first-order valence-electron chi connectivity index (χ1n) is 8.28. The van der Waals surface area contributed by atoms with E-state index in [2.05, 4.69) is 6.92 Å². The summed E-state index contributed by atoms with van der Waals surface area (Å²) in [6.07, 6.45) is 3.60. The highest BCUT2D eigenvalue weighted by Crippen LogP contribution is 2.31. The molecule has 23 heavy (non-hydrogen) atoms. The summed E-state index contributed by atoms with van der Waals surface area (Å²) in [5.41, 5.74) is 0.792. The largest absolute Gasteiger partial charge is 0.366 e. The maximum atomic E-state index is 12.4. The predicted octanol–water partition coefficient (Wildman–Crippen LogP) is 3.07. The molecule has 0 N–H and O–H groups in total. The molecule has 0 spiro atoms. The molecule has 0 aromatic heterocycles. The van der Waals surface area contributed by atoms with Crippen LogP contribution < -0.4 is 4.90 Å². The quantitative estimate of drug-likeness (QED) is 0.597. The second kappa shape index (κ2) is 7.94. The number of carbonyl (C=O) groups excluding carboxylic acids is 1. The van der Waals surface area contributed by atoms with E-state index >= 15 is 0 Å². The maximum Gasteiger partial charge on any atom is 0.292 e. The maximum absolute atomic E-state index is 12.4. The number of anilines is 1. The van der Waals surface area contributed by atoms with Crippen LogP contribution in [0, 0.1) is 16.0 Å². The topological polar surface area (TPSA) is 66.7 Å². The first-order valence-corrected chi connectivity index (χ1v) is 8.28. The van der Waals surface area contributed by atoms with Gasteiger partial charge in [-0.3, -0.25) is 14.9 Å². The highest BCUT2D eigenvalue weighted by molar-refractivity contribution is 5.79. The Morgan fingerprint density at radius 3 is 2.61 bits per heavy atom. The van der Waals surface area contributed by atoms with E-state index < -0.39 is 0 Å². The molecule has 1 fully saturated rings. The number of para-hydroxylation sites is 2. The molecule has 0 atom stereocenters. The Morgan fingerprint density at radius 2 is 2.00 bits per heavy atom. The van der Waals surface area contributed by atoms with Crippen molar-refractivity contribution in [3.8, 4) is 0 Å². The summed E-state index contributed by atoms with van der Waals surface area (Å²) in [4.78, 5) is 27.1. The van der Waals surface area contributed by atoms with Crippen LogP contribution in [0.15, 0.2) is 24.3 Å². The van der Waals surface area contributed by atoms with Gasteiger partial charge in [-0.15, -0.1) is 0 Å². The molecule has 1 amide bonds. The minimum absolute atomic E-state index is 0.0378. The third-order valence-electron chi connectivity index (χ3n) is 4.49. The van der Waals surface area contributed by atoms with Crippen molar-refractivity contribution in [3.63, 3.8) is 0 Å². The summed E-state index contributed by atoms with van der Waals surface area (Å²) < 4.78 is 0. The van der Waals surface area contributed by atoms with Crippen LogP contribution in [0.3, 0.4) is 0 Å². The fraction of sp³-hybridized carbons (Fsp3) is 0.588. The molecule has 1 aliphatic rings. The molecule has 0 bridgehead atoms. The van der Waals surface area contributed by atoms with Crippen LogP contribution in [0.4, 0.5) is 11.4 Å². The van der Waals surface area contributed by atoms with Crippen LogP contribution in [0.25, 0.3) is 0 Å². The van der Waals surface area contributed by atoms with Gasteiger partial charge in [0.1, 0.15) is 5.69 Å². The second-order valence-electron chi connectivity index (χ2n) is 6.12. The molecule has 1 aromatic rings. The lowest BCUT2D eigenvalue weighted by atomic mass is 9.94. The molecular formula is C17H25N3O3. The van der Waals surface area contributed by atoms with Crippen LogP contribution >= 0.6 is 0 Å². The zero-order chi connectivity index (χ0) is 16.8. The summed E-state index contributed by atoms with van der Waals surface area (Å²) in [5.74, 6) is 0.247. The molecule has 1 saturated heterocycles. The average molecular weight is 319 g/mol. The number of nitro benzene ring substituents is 1. The third kappa shape index (κ3) is 4.21. The normalized spacial score (nSPS) is 15.5. The van der Waals surface area contributed by atoms with Gasteiger partial charge in [0.05, 0.1) is 4.92 Å². The molecule has 6 nitrogen and oxygen atoms in total. The van der Waals surface area contributed by atoms with Crippen LogP contribution in [-0.2, 0) is 4.79 Å². The van der Waals surface area contributed by atoms with Crippen molar-refractivity contribution in [1.82, 2.24) is 4.90 Å². The predicted molar refractivity (Wildman–Crippen MR) is 90.6 cm³/mol. The number of unbranched alkanes of at least 4 members (excludes halogenated alkanes) is 1. The van der Waals surface area contributed by atoms with Crippen molar-refractivity contribution in [2.75, 3.05) is 31.6 Å². The van der Waals surface area contributed by atoms with E-state index in [1.54, 1.807) is 12.1 Å². The van der Waals surface area contributed by atoms with Gasteiger partial charge in [0, 0.05) is 38.7 Å². The summed E-state index contributed by atoms with van der Waals surface area (Å²) in [6.45, 7) is 4.29. The number of piperidine rings is 1. The summed E-state index contributed by atoms with van der Waals surface area (Å²) >= 11 is 0. The highest BCUT2D eigenvalue weighted by atomic mass is 16.6. The lowest BCUT2D eigenvalue weighted by Gasteiger charge is -2.34. The highest BCUT2D eigenvalue weighted by Gasteiger charge is 2.29. The lowest BCUT2D eigenvalue weighted by Crippen LogP contribution is -2.41.